The molecule has 0 atom stereocenters. The van der Waals surface area contributed by atoms with Crippen molar-refractivity contribution in [1.29, 1.82) is 0 Å². The van der Waals surface area contributed by atoms with Crippen LogP contribution in [-0.2, 0) is 13.1 Å². The Kier molecular flexibility index (Phi) is 9.19. The zero-order chi connectivity index (χ0) is 143. The molecule has 0 bridgehead atoms. The SMILES string of the molecule is [2H]c1c([2H])c([2H])c(-c2c([2H])c([2H])c(N(c3c([2H])c([2H])c(-c4c([2H])c([2H])c([2H])c(-c5c([2H])c([2H])c([2H])c([2H])c5[2H])c4[2H])c([2H])c3[2H])c3c([2H])c([2H])c(-c4c([2H])c([2H])c5c(c4[2H])c4c([2H])c([2H])c([2H])c([2H])c4n5Cc4c([2H])c([2H])c([2H])c(-c5c([2H])c([2H])c([2H])c([2H])c5[2H])c4[2H])c([2H])c3[2H])c([2H])c2[2H])c([2H])c1[2H].[2H]c1c([2H])c([2H])c(-c2c([2H])c([2H])c(N(c3c([2H])c([2H])c(-c4ccc5c(c4)c4ccccc4n5Cc4cccc(-c5ccccc5)c4)c([2H])c3[2H])c3c([2H])c([2H])c(-c4c([2H])c([2H])c([2H])c(-c5c([2H])c([2H])c([2H])c([2H])c5[2H])c4[2H])c([2H])c3[2H])c([2H])c2[2H])c([2H])c1[2H]. The second-order valence-electron chi connectivity index (χ2n) is 27.1. The molecule has 2 heterocycles. The molecule has 4 nitrogen and oxygen atoms in total. The van der Waals surface area contributed by atoms with Gasteiger partial charge in [0.1, 0.15) is 0 Å². The molecule has 0 saturated carbocycles. The van der Waals surface area contributed by atoms with E-state index in [1.54, 1.807) is 18.2 Å². The number of para-hydroxylation sites is 2. The summed E-state index contributed by atoms with van der Waals surface area (Å²) >= 11 is 0. The molecule has 0 aliphatic carbocycles. The van der Waals surface area contributed by atoms with Crippen LogP contribution >= 0.6 is 0 Å². The first-order chi connectivity index (χ1) is 90.8. The number of hydrogen-bond donors (Lipinski definition) is 0. The van der Waals surface area contributed by atoms with Gasteiger partial charge in [0, 0.05) is 90.8 Å². The molecule has 0 aliphatic rings. The van der Waals surface area contributed by atoms with E-state index in [1.807, 2.05) is 72.8 Å². The van der Waals surface area contributed by atoms with E-state index in [9.17, 15) is 43.9 Å². The van der Waals surface area contributed by atoms with Gasteiger partial charge in [0.25, 0.3) is 0 Å². The number of benzene rings is 20. The van der Waals surface area contributed by atoms with Crippen molar-refractivity contribution in [1.82, 2.24) is 9.13 Å². The molecule has 22 aromatic rings. The zero-order valence-corrected chi connectivity index (χ0v) is 64.4. The fourth-order valence-corrected chi connectivity index (χ4v) is 13.7. The van der Waals surface area contributed by atoms with Crippen LogP contribution in [0, 0.1) is 0 Å². The first-order valence-corrected chi connectivity index (χ1v) is 37.9. The van der Waals surface area contributed by atoms with Gasteiger partial charge in [-0.1, -0.05) is 375 Å². The standard InChI is InChI=1S/2C61H44N2/c2*1-4-15-45(16-5-1)48-26-33-55(34-27-48)63(56-35-28-49(29-36-56)53-23-13-22-52(41-53)47-19-8-3-9-20-47)57-37-30-50(31-38-57)54-32-39-61-59(42-54)58-24-10-11-25-60(58)62(61)43-44-14-12-21-51(40-44)46-17-6-2-7-18-46/h2*1-42H,43H2/i1D,2D,3D,4D,5D,6D,7D,8D,9D,10D,11D,12D,13D,14D,15D,16D,17D,18D,19D,20D,21D,22D,23D,24D,25D,26D,27D,28D,29D,30D,31D,32D,33D,34D,35D,36D,37D,38D,39D,40D,41D,42D;1D,3D,4D,5D,8D,9D,13D,15D,16D,19D,20D,22D,23D,26D,27D,28D,29D,30D,31D,33D,34D,35D,36D,37D,38D,41D. The van der Waals surface area contributed by atoms with Crippen LogP contribution in [0.3, 0.4) is 0 Å². The average molecular weight is 1680 g/mol. The molecule has 0 amide bonds. The van der Waals surface area contributed by atoms with Crippen molar-refractivity contribution in [2.24, 2.45) is 0 Å². The van der Waals surface area contributed by atoms with E-state index in [-0.39, 0.29) is 16.0 Å². The minimum Gasteiger partial charge on any atom is -0.336 e. The van der Waals surface area contributed by atoms with Crippen LogP contribution in [-0.4, -0.2) is 9.13 Å². The Morgan fingerprint density at radius 2 is 0.484 bits per heavy atom. The molecule has 0 unspecified atom stereocenters. The molecular formula is C122H88N4. The van der Waals surface area contributed by atoms with Crippen LogP contribution < -0.4 is 9.80 Å². The normalized spacial score (nSPS) is 18.8. The molecule has 0 N–H and O–H groups in total. The van der Waals surface area contributed by atoms with Crippen molar-refractivity contribution in [3.63, 3.8) is 0 Å². The Morgan fingerprint density at radius 1 is 0.167 bits per heavy atom. The van der Waals surface area contributed by atoms with E-state index in [0.717, 1.165) is 37.7 Å². The molecule has 0 aliphatic heterocycles. The topological polar surface area (TPSA) is 16.3 Å². The third kappa shape index (κ3) is 16.1. The molecule has 22 rings (SSSR count). The minimum atomic E-state index is -1.45. The number of fused-ring (bicyclic) bond motifs is 6. The van der Waals surface area contributed by atoms with Gasteiger partial charge in [-0.15, -0.1) is 0 Å². The van der Waals surface area contributed by atoms with E-state index in [1.165, 1.54) is 0 Å². The molecule has 0 fully saturated rings. The van der Waals surface area contributed by atoms with Gasteiger partial charge in [0.15, 0.2) is 0 Å². The largest absolute Gasteiger partial charge is 0.336 e. The highest BCUT2D eigenvalue weighted by Gasteiger charge is 2.21. The van der Waals surface area contributed by atoms with Crippen molar-refractivity contribution in [3.05, 3.63) is 519 Å². The van der Waals surface area contributed by atoms with Crippen molar-refractivity contribution in [3.8, 4) is 111 Å². The second-order valence-corrected chi connectivity index (χ2v) is 27.1. The quantitative estimate of drug-likeness (QED) is 0.0756. The molecule has 0 radical (unpaired) electrons. The Bertz CT molecular complexity index is 11800. The van der Waals surface area contributed by atoms with Crippen LogP contribution in [0.2, 0.25) is 0 Å². The summed E-state index contributed by atoms with van der Waals surface area (Å²) in [5, 5.41) is 0.0709. The Balaban J connectivity index is 0.000000217. The Labute approximate surface area is 832 Å². The molecule has 596 valence electrons. The van der Waals surface area contributed by atoms with Gasteiger partial charge >= 0.3 is 0 Å². The predicted molar refractivity (Wildman–Crippen MR) is 534 cm³/mol. The minimum absolute atomic E-state index is 0.176. The highest BCUT2D eigenvalue weighted by atomic mass is 15.1. The number of anilines is 6. The second kappa shape index (κ2) is 35.0. The Morgan fingerprint density at radius 3 is 0.952 bits per heavy atom. The van der Waals surface area contributed by atoms with E-state index < -0.39 is 568 Å². The molecule has 20 aromatic carbocycles. The molecule has 0 saturated heterocycles. The van der Waals surface area contributed by atoms with Gasteiger partial charge < -0.3 is 18.9 Å². The number of hydrogen-bond acceptors (Lipinski definition) is 2. The zero-order valence-electron chi connectivity index (χ0n) is 132. The molecule has 0 spiro atoms. The first-order valence-electron chi connectivity index (χ1n) is 71.9. The summed E-state index contributed by atoms with van der Waals surface area (Å²) in [6, 6.07) is -42.1. The predicted octanol–water partition coefficient (Wildman–Crippen LogP) is 33.3. The smallest absolute Gasteiger partial charge is 0.0645 e. The summed E-state index contributed by atoms with van der Waals surface area (Å²) in [4.78, 5) is 0.632. The molecular weight excluding hydrogens is 1520 g/mol. The number of rotatable bonds is 20. The van der Waals surface area contributed by atoms with Crippen molar-refractivity contribution in [2.45, 2.75) is 13.1 Å². The maximum absolute atomic E-state index is 9.92. The van der Waals surface area contributed by atoms with Crippen molar-refractivity contribution < 1.29 is 93.2 Å². The summed E-state index contributed by atoms with van der Waals surface area (Å²) in [5.74, 6) is 0. The fraction of sp³-hybridized carbons (Fsp3) is 0.0164. The van der Waals surface area contributed by atoms with Gasteiger partial charge in [0.2, 0.25) is 0 Å². The third-order valence-corrected chi connectivity index (χ3v) is 19.4. The van der Waals surface area contributed by atoms with Gasteiger partial charge in [-0.2, -0.15) is 0 Å². The average Bonchev–Trinajstić information content (AvgIpc) is 1.54. The maximum atomic E-state index is 9.92. The molecule has 4 heteroatoms. The van der Waals surface area contributed by atoms with Gasteiger partial charge in [-0.05, 0) is 255 Å². The van der Waals surface area contributed by atoms with Gasteiger partial charge in [-0.25, -0.2) is 0 Å². The lowest BCUT2D eigenvalue weighted by Gasteiger charge is -2.26. The van der Waals surface area contributed by atoms with Gasteiger partial charge in [0.05, 0.1) is 93.2 Å². The first kappa shape index (κ1) is 33.1. The van der Waals surface area contributed by atoms with Crippen LogP contribution in [0.1, 0.15) is 104 Å². The fourth-order valence-electron chi connectivity index (χ4n) is 13.7. The summed E-state index contributed by atoms with van der Waals surface area (Å²) in [5.41, 5.74) is -18.9. The summed E-state index contributed by atoms with van der Waals surface area (Å²) in [6.07, 6.45) is 0. The lowest BCUT2D eigenvalue weighted by Crippen LogP contribution is -2.09. The highest BCUT2D eigenvalue weighted by Crippen LogP contribution is 2.44. The van der Waals surface area contributed by atoms with E-state index in [0.29, 0.717) is 16.8 Å². The highest BCUT2D eigenvalue weighted by molar-refractivity contribution is 6.11. The van der Waals surface area contributed by atoms with E-state index in [4.69, 9.17) is 49.3 Å². The van der Waals surface area contributed by atoms with E-state index in [2.05, 4.69) is 10.6 Å². The Hall–Kier alpha value is -16.4. The monoisotopic (exact) mass is 1680 g/mol. The summed E-state index contributed by atoms with van der Waals surface area (Å²) < 4.78 is 617. The van der Waals surface area contributed by atoms with Crippen LogP contribution in [0.25, 0.3) is 155 Å². The lowest BCUT2D eigenvalue weighted by molar-refractivity contribution is 0.869. The van der Waals surface area contributed by atoms with Crippen LogP contribution in [0.5, 0.6) is 0 Å². The van der Waals surface area contributed by atoms with E-state index >= 15 is 0 Å². The summed E-state index contributed by atoms with van der Waals surface area (Å²) in [6.45, 7) is -0.614. The van der Waals surface area contributed by atoms with Crippen molar-refractivity contribution in [2.75, 3.05) is 9.80 Å². The van der Waals surface area contributed by atoms with Crippen LogP contribution in [0.4, 0.5) is 34.1 Å². The number of nitrogens with zero attached hydrogens (tertiary/aromatic N) is 4. The third-order valence-electron chi connectivity index (χ3n) is 19.4. The lowest BCUT2D eigenvalue weighted by atomic mass is 9.98. The van der Waals surface area contributed by atoms with Crippen LogP contribution in [0.15, 0.2) is 508 Å². The summed E-state index contributed by atoms with van der Waals surface area (Å²) in [7, 11) is 0. The molecule has 126 heavy (non-hydrogen) atoms. The number of aromatic nitrogens is 2. The van der Waals surface area contributed by atoms with Crippen molar-refractivity contribution >= 4 is 77.7 Å². The molecule has 2 aromatic heterocycles. The van der Waals surface area contributed by atoms with Gasteiger partial charge in [-0.3, -0.25) is 0 Å². The maximum Gasteiger partial charge on any atom is 0.0645 e.